The molecule has 1 N–H and O–H groups in total. The SMILES string of the molecule is Cc1ccc2c(c1)C(=O)N[C@@]1(CCC(=O)N(CC(=O)N3CCCCC3)CC1)O2. The third kappa shape index (κ3) is 3.70. The van der Waals surface area contributed by atoms with E-state index in [0.717, 1.165) is 37.9 Å². The van der Waals surface area contributed by atoms with Gasteiger partial charge in [-0.05, 0) is 38.3 Å². The van der Waals surface area contributed by atoms with Gasteiger partial charge < -0.3 is 19.9 Å². The molecule has 2 fully saturated rings. The van der Waals surface area contributed by atoms with Gasteiger partial charge in [0.2, 0.25) is 11.8 Å². The molecule has 7 nitrogen and oxygen atoms in total. The molecule has 0 bridgehead atoms. The predicted octanol–water partition coefficient (Wildman–Crippen LogP) is 1.84. The van der Waals surface area contributed by atoms with Gasteiger partial charge in [0.25, 0.3) is 5.91 Å². The number of hydrogen-bond donors (Lipinski definition) is 1. The van der Waals surface area contributed by atoms with Crippen LogP contribution in [0.15, 0.2) is 18.2 Å². The Balaban J connectivity index is 1.45. The molecule has 28 heavy (non-hydrogen) atoms. The van der Waals surface area contributed by atoms with Crippen LogP contribution in [0.2, 0.25) is 0 Å². The van der Waals surface area contributed by atoms with Crippen LogP contribution in [-0.2, 0) is 9.59 Å². The average Bonchev–Trinajstić information content (AvgIpc) is 2.84. The number of aryl methyl sites for hydroxylation is 1. The third-order valence-electron chi connectivity index (χ3n) is 5.94. The molecule has 150 valence electrons. The van der Waals surface area contributed by atoms with E-state index in [1.165, 1.54) is 0 Å². The van der Waals surface area contributed by atoms with Gasteiger partial charge in [-0.2, -0.15) is 0 Å². The first-order chi connectivity index (χ1) is 13.5. The maximum atomic E-state index is 12.6. The van der Waals surface area contributed by atoms with Crippen LogP contribution in [0.3, 0.4) is 0 Å². The van der Waals surface area contributed by atoms with Crippen molar-refractivity contribution in [2.24, 2.45) is 0 Å². The molecule has 1 aromatic rings. The number of ether oxygens (including phenoxy) is 1. The molecule has 0 saturated carbocycles. The Labute approximate surface area is 165 Å². The minimum atomic E-state index is -0.891. The van der Waals surface area contributed by atoms with Gasteiger partial charge in [-0.3, -0.25) is 14.4 Å². The number of carbonyl (C=O) groups excluding carboxylic acids is 3. The van der Waals surface area contributed by atoms with E-state index >= 15 is 0 Å². The topological polar surface area (TPSA) is 79.0 Å². The summed E-state index contributed by atoms with van der Waals surface area (Å²) in [7, 11) is 0. The minimum Gasteiger partial charge on any atom is -0.467 e. The maximum absolute atomic E-state index is 12.6. The molecule has 1 aromatic carbocycles. The van der Waals surface area contributed by atoms with Crippen LogP contribution in [0, 0.1) is 6.92 Å². The van der Waals surface area contributed by atoms with Gasteiger partial charge in [0.1, 0.15) is 5.75 Å². The highest BCUT2D eigenvalue weighted by Gasteiger charge is 2.43. The van der Waals surface area contributed by atoms with E-state index < -0.39 is 5.72 Å². The van der Waals surface area contributed by atoms with Gasteiger partial charge in [0, 0.05) is 38.9 Å². The van der Waals surface area contributed by atoms with Crippen molar-refractivity contribution in [2.75, 3.05) is 26.2 Å². The minimum absolute atomic E-state index is 0.0124. The van der Waals surface area contributed by atoms with Crippen LogP contribution in [0.4, 0.5) is 0 Å². The van der Waals surface area contributed by atoms with E-state index in [1.54, 1.807) is 4.90 Å². The van der Waals surface area contributed by atoms with E-state index in [2.05, 4.69) is 5.32 Å². The summed E-state index contributed by atoms with van der Waals surface area (Å²) in [4.78, 5) is 41.3. The molecular weight excluding hydrogens is 358 g/mol. The molecule has 3 aliphatic rings. The summed E-state index contributed by atoms with van der Waals surface area (Å²) in [5.74, 6) is 0.336. The van der Waals surface area contributed by atoms with Crippen LogP contribution in [0.1, 0.15) is 54.4 Å². The lowest BCUT2D eigenvalue weighted by Crippen LogP contribution is -2.56. The van der Waals surface area contributed by atoms with Crippen LogP contribution < -0.4 is 10.1 Å². The molecule has 0 aromatic heterocycles. The molecule has 3 aliphatic heterocycles. The summed E-state index contributed by atoms with van der Waals surface area (Å²) < 4.78 is 6.18. The smallest absolute Gasteiger partial charge is 0.258 e. The van der Waals surface area contributed by atoms with Crippen molar-refractivity contribution in [1.29, 1.82) is 0 Å². The number of rotatable bonds is 2. The highest BCUT2D eigenvalue weighted by molar-refractivity contribution is 5.98. The van der Waals surface area contributed by atoms with Crippen LogP contribution in [0.5, 0.6) is 5.75 Å². The third-order valence-corrected chi connectivity index (χ3v) is 5.94. The van der Waals surface area contributed by atoms with Gasteiger partial charge in [0.15, 0.2) is 5.72 Å². The fourth-order valence-electron chi connectivity index (χ4n) is 4.25. The molecule has 0 unspecified atom stereocenters. The Kier molecular flexibility index (Phi) is 5.00. The molecule has 3 amide bonds. The number of amides is 3. The van der Waals surface area contributed by atoms with Crippen LogP contribution in [-0.4, -0.2) is 59.4 Å². The Hall–Kier alpha value is -2.57. The first-order valence-electron chi connectivity index (χ1n) is 10.1. The number of fused-ring (bicyclic) bond motifs is 1. The second-order valence-corrected chi connectivity index (χ2v) is 8.06. The van der Waals surface area contributed by atoms with Crippen LogP contribution >= 0.6 is 0 Å². The second kappa shape index (κ2) is 7.45. The Bertz CT molecular complexity index is 803. The summed E-state index contributed by atoms with van der Waals surface area (Å²) in [6.45, 7) is 3.98. The number of likely N-dealkylation sites (tertiary alicyclic amines) is 2. The van der Waals surface area contributed by atoms with Crippen molar-refractivity contribution in [3.63, 3.8) is 0 Å². The van der Waals surface area contributed by atoms with Gasteiger partial charge in [0.05, 0.1) is 12.1 Å². The molecule has 1 atom stereocenters. The summed E-state index contributed by atoms with van der Waals surface area (Å²) in [5, 5.41) is 2.98. The molecule has 0 aliphatic carbocycles. The Morgan fingerprint density at radius 1 is 1.14 bits per heavy atom. The molecule has 7 heteroatoms. The van der Waals surface area contributed by atoms with Crippen molar-refractivity contribution in [1.82, 2.24) is 15.1 Å². The number of carbonyl (C=O) groups is 3. The predicted molar refractivity (Wildman–Crippen MR) is 103 cm³/mol. The first-order valence-corrected chi connectivity index (χ1v) is 10.1. The number of piperidine rings is 1. The van der Waals surface area contributed by atoms with Crippen molar-refractivity contribution < 1.29 is 19.1 Å². The average molecular weight is 385 g/mol. The van der Waals surface area contributed by atoms with Gasteiger partial charge in [-0.15, -0.1) is 0 Å². The van der Waals surface area contributed by atoms with Crippen molar-refractivity contribution in [2.45, 2.75) is 51.2 Å². The summed E-state index contributed by atoms with van der Waals surface area (Å²) >= 11 is 0. The fraction of sp³-hybridized carbons (Fsp3) is 0.571. The summed E-state index contributed by atoms with van der Waals surface area (Å²) in [5.41, 5.74) is 0.628. The second-order valence-electron chi connectivity index (χ2n) is 8.06. The van der Waals surface area contributed by atoms with Crippen LogP contribution in [0.25, 0.3) is 0 Å². The quantitative estimate of drug-likeness (QED) is 0.843. The van der Waals surface area contributed by atoms with E-state index in [9.17, 15) is 14.4 Å². The summed E-state index contributed by atoms with van der Waals surface area (Å²) in [6, 6.07) is 5.54. The largest absolute Gasteiger partial charge is 0.467 e. The number of benzene rings is 1. The summed E-state index contributed by atoms with van der Waals surface area (Å²) in [6.07, 6.45) is 4.33. The lowest BCUT2D eigenvalue weighted by Gasteiger charge is -2.38. The zero-order valence-corrected chi connectivity index (χ0v) is 16.3. The zero-order chi connectivity index (χ0) is 19.7. The molecule has 1 spiro atoms. The number of nitrogens with one attached hydrogen (secondary N) is 1. The van der Waals surface area contributed by atoms with Crippen molar-refractivity contribution in [3.8, 4) is 5.75 Å². The van der Waals surface area contributed by atoms with Crippen molar-refractivity contribution in [3.05, 3.63) is 29.3 Å². The van der Waals surface area contributed by atoms with E-state index in [0.29, 0.717) is 30.7 Å². The normalized spacial score (nSPS) is 25.0. The Morgan fingerprint density at radius 2 is 1.93 bits per heavy atom. The highest BCUT2D eigenvalue weighted by Crippen LogP contribution is 2.34. The van der Waals surface area contributed by atoms with E-state index in [4.69, 9.17) is 4.74 Å². The molecular formula is C21H27N3O4. The highest BCUT2D eigenvalue weighted by atomic mass is 16.5. The number of nitrogens with zero attached hydrogens (tertiary/aromatic N) is 2. The monoisotopic (exact) mass is 385 g/mol. The Morgan fingerprint density at radius 3 is 2.71 bits per heavy atom. The van der Waals surface area contributed by atoms with Gasteiger partial charge >= 0.3 is 0 Å². The first kappa shape index (κ1) is 18.8. The number of hydrogen-bond acceptors (Lipinski definition) is 4. The lowest BCUT2D eigenvalue weighted by molar-refractivity contribution is -0.140. The molecule has 2 saturated heterocycles. The molecule has 0 radical (unpaired) electrons. The standard InChI is InChI=1S/C21H27N3O4/c1-15-5-6-17-16(13-15)20(27)22-21(28-17)8-7-18(25)24(12-9-21)14-19(26)23-10-3-2-4-11-23/h5-6,13H,2-4,7-12,14H2,1H3,(H,22,27)/t21-/m0/s1. The van der Waals surface area contributed by atoms with Gasteiger partial charge in [-0.25, -0.2) is 0 Å². The lowest BCUT2D eigenvalue weighted by atomic mass is 9.99. The molecule has 3 heterocycles. The van der Waals surface area contributed by atoms with Gasteiger partial charge in [-0.1, -0.05) is 11.6 Å². The van der Waals surface area contributed by atoms with E-state index in [-0.39, 0.29) is 30.7 Å². The fourth-order valence-corrected chi connectivity index (χ4v) is 4.25. The van der Waals surface area contributed by atoms with Crippen molar-refractivity contribution >= 4 is 17.7 Å². The van der Waals surface area contributed by atoms with E-state index in [1.807, 2.05) is 30.0 Å². The zero-order valence-electron chi connectivity index (χ0n) is 16.3. The maximum Gasteiger partial charge on any atom is 0.258 e. The molecule has 4 rings (SSSR count).